The van der Waals surface area contributed by atoms with Crippen LogP contribution in [0.5, 0.6) is 17.2 Å². The standard InChI is InChI=1S/C17H17BrO3/c1-2-19-14-6-3-12(4-7-14)17(18)13-5-8-15-16(11-13)21-10-9-20-15/h3-8,11,17H,2,9-10H2,1H3. The second-order valence-corrected chi connectivity index (χ2v) is 5.68. The van der Waals surface area contributed by atoms with Crippen molar-refractivity contribution in [2.75, 3.05) is 19.8 Å². The second-order valence-electron chi connectivity index (χ2n) is 4.77. The summed E-state index contributed by atoms with van der Waals surface area (Å²) >= 11 is 3.75. The van der Waals surface area contributed by atoms with Crippen LogP contribution in [0.2, 0.25) is 0 Å². The Labute approximate surface area is 133 Å². The quantitative estimate of drug-likeness (QED) is 0.769. The fraction of sp³-hybridized carbons (Fsp3) is 0.294. The minimum atomic E-state index is 0.115. The highest BCUT2D eigenvalue weighted by atomic mass is 79.9. The lowest BCUT2D eigenvalue weighted by Gasteiger charge is -2.20. The number of ether oxygens (including phenoxy) is 3. The van der Waals surface area contributed by atoms with Crippen molar-refractivity contribution in [2.24, 2.45) is 0 Å². The van der Waals surface area contributed by atoms with E-state index in [4.69, 9.17) is 14.2 Å². The smallest absolute Gasteiger partial charge is 0.161 e. The second kappa shape index (κ2) is 6.39. The molecule has 1 aliphatic heterocycles. The predicted molar refractivity (Wildman–Crippen MR) is 85.8 cm³/mol. The summed E-state index contributed by atoms with van der Waals surface area (Å²) in [5.41, 5.74) is 2.32. The van der Waals surface area contributed by atoms with Crippen LogP contribution in [0.15, 0.2) is 42.5 Å². The maximum Gasteiger partial charge on any atom is 0.161 e. The van der Waals surface area contributed by atoms with E-state index in [0.29, 0.717) is 19.8 Å². The molecule has 0 N–H and O–H groups in total. The van der Waals surface area contributed by atoms with Gasteiger partial charge in [-0.2, -0.15) is 0 Å². The van der Waals surface area contributed by atoms with Crippen LogP contribution in [0.3, 0.4) is 0 Å². The summed E-state index contributed by atoms with van der Waals surface area (Å²) in [5.74, 6) is 2.52. The number of halogens is 1. The zero-order valence-electron chi connectivity index (χ0n) is 11.8. The number of rotatable bonds is 4. The van der Waals surface area contributed by atoms with E-state index in [0.717, 1.165) is 22.8 Å². The van der Waals surface area contributed by atoms with Crippen LogP contribution >= 0.6 is 15.9 Å². The lowest BCUT2D eigenvalue weighted by atomic mass is 10.0. The molecule has 3 rings (SSSR count). The summed E-state index contributed by atoms with van der Waals surface area (Å²) in [6, 6.07) is 14.2. The molecular weight excluding hydrogens is 332 g/mol. The molecule has 0 aliphatic carbocycles. The van der Waals surface area contributed by atoms with Gasteiger partial charge in [0.25, 0.3) is 0 Å². The largest absolute Gasteiger partial charge is 0.494 e. The molecule has 0 fully saturated rings. The minimum Gasteiger partial charge on any atom is -0.494 e. The van der Waals surface area contributed by atoms with Gasteiger partial charge < -0.3 is 14.2 Å². The zero-order valence-corrected chi connectivity index (χ0v) is 13.4. The van der Waals surface area contributed by atoms with Gasteiger partial charge in [0.2, 0.25) is 0 Å². The first-order valence-corrected chi connectivity index (χ1v) is 7.96. The van der Waals surface area contributed by atoms with Gasteiger partial charge >= 0.3 is 0 Å². The van der Waals surface area contributed by atoms with Crippen molar-refractivity contribution in [1.82, 2.24) is 0 Å². The van der Waals surface area contributed by atoms with Gasteiger partial charge in [-0.1, -0.05) is 34.1 Å². The molecule has 0 radical (unpaired) electrons. The first-order valence-electron chi connectivity index (χ1n) is 7.04. The summed E-state index contributed by atoms with van der Waals surface area (Å²) in [6.07, 6.45) is 0. The van der Waals surface area contributed by atoms with Crippen LogP contribution in [0.1, 0.15) is 22.9 Å². The van der Waals surface area contributed by atoms with Gasteiger partial charge in [-0.25, -0.2) is 0 Å². The van der Waals surface area contributed by atoms with Crippen LogP contribution in [0.4, 0.5) is 0 Å². The summed E-state index contributed by atoms with van der Waals surface area (Å²) in [7, 11) is 0. The fourth-order valence-electron chi connectivity index (χ4n) is 2.31. The highest BCUT2D eigenvalue weighted by Crippen LogP contribution is 2.38. The average molecular weight is 349 g/mol. The molecule has 0 saturated heterocycles. The Balaban J connectivity index is 1.82. The van der Waals surface area contributed by atoms with Crippen molar-refractivity contribution >= 4 is 15.9 Å². The van der Waals surface area contributed by atoms with Crippen molar-refractivity contribution < 1.29 is 14.2 Å². The molecule has 1 atom stereocenters. The van der Waals surface area contributed by atoms with Crippen LogP contribution in [-0.4, -0.2) is 19.8 Å². The van der Waals surface area contributed by atoms with Crippen LogP contribution in [0.25, 0.3) is 0 Å². The van der Waals surface area contributed by atoms with E-state index in [1.165, 1.54) is 5.56 Å². The number of hydrogen-bond donors (Lipinski definition) is 0. The Morgan fingerprint density at radius 2 is 1.67 bits per heavy atom. The van der Waals surface area contributed by atoms with Gasteiger partial charge in [-0.15, -0.1) is 0 Å². The number of fused-ring (bicyclic) bond motifs is 1. The summed E-state index contributed by atoms with van der Waals surface area (Å²) in [5, 5.41) is 0. The Bertz CT molecular complexity index is 610. The van der Waals surface area contributed by atoms with E-state index in [9.17, 15) is 0 Å². The third-order valence-electron chi connectivity index (χ3n) is 3.34. The molecule has 0 aromatic heterocycles. The summed E-state index contributed by atoms with van der Waals surface area (Å²) in [4.78, 5) is 0.115. The zero-order chi connectivity index (χ0) is 14.7. The fourth-order valence-corrected chi connectivity index (χ4v) is 2.90. The molecule has 1 heterocycles. The topological polar surface area (TPSA) is 27.7 Å². The molecule has 0 saturated carbocycles. The normalized spacial score (nSPS) is 14.6. The molecular formula is C17H17BrO3. The Hall–Kier alpha value is -1.68. The van der Waals surface area contributed by atoms with E-state index >= 15 is 0 Å². The van der Waals surface area contributed by atoms with E-state index in [-0.39, 0.29) is 4.83 Å². The van der Waals surface area contributed by atoms with Gasteiger partial charge in [0, 0.05) is 0 Å². The van der Waals surface area contributed by atoms with Crippen molar-refractivity contribution in [2.45, 2.75) is 11.8 Å². The van der Waals surface area contributed by atoms with Crippen LogP contribution in [-0.2, 0) is 0 Å². The molecule has 0 spiro atoms. The van der Waals surface area contributed by atoms with Crippen molar-refractivity contribution in [1.29, 1.82) is 0 Å². The lowest BCUT2D eigenvalue weighted by molar-refractivity contribution is 0.171. The molecule has 2 aromatic rings. The minimum absolute atomic E-state index is 0.115. The Kier molecular flexibility index (Phi) is 4.34. The van der Waals surface area contributed by atoms with Gasteiger partial charge in [-0.05, 0) is 42.3 Å². The molecule has 0 bridgehead atoms. The predicted octanol–water partition coefficient (Wildman–Crippen LogP) is 4.34. The van der Waals surface area contributed by atoms with E-state index in [1.807, 2.05) is 31.2 Å². The maximum absolute atomic E-state index is 5.64. The third kappa shape index (κ3) is 3.16. The van der Waals surface area contributed by atoms with E-state index in [2.05, 4.69) is 34.1 Å². The highest BCUT2D eigenvalue weighted by Gasteiger charge is 2.16. The van der Waals surface area contributed by atoms with Gasteiger partial charge in [0.15, 0.2) is 11.5 Å². The SMILES string of the molecule is CCOc1ccc(C(Br)c2ccc3c(c2)OCCO3)cc1. The average Bonchev–Trinajstić information content (AvgIpc) is 2.55. The van der Waals surface area contributed by atoms with E-state index < -0.39 is 0 Å². The molecule has 3 nitrogen and oxygen atoms in total. The summed E-state index contributed by atoms with van der Waals surface area (Å²) < 4.78 is 16.7. The van der Waals surface area contributed by atoms with E-state index in [1.54, 1.807) is 0 Å². The molecule has 4 heteroatoms. The number of alkyl halides is 1. The first kappa shape index (κ1) is 14.3. The van der Waals surface area contributed by atoms with Gasteiger partial charge in [-0.3, -0.25) is 0 Å². The van der Waals surface area contributed by atoms with Gasteiger partial charge in [0.05, 0.1) is 11.4 Å². The monoisotopic (exact) mass is 348 g/mol. The molecule has 0 amide bonds. The third-order valence-corrected chi connectivity index (χ3v) is 4.40. The Morgan fingerprint density at radius 1 is 1.00 bits per heavy atom. The van der Waals surface area contributed by atoms with Crippen LogP contribution in [0, 0.1) is 0 Å². The molecule has 2 aromatic carbocycles. The van der Waals surface area contributed by atoms with Crippen molar-refractivity contribution in [3.05, 3.63) is 53.6 Å². The Morgan fingerprint density at radius 3 is 2.38 bits per heavy atom. The molecule has 1 aliphatic rings. The van der Waals surface area contributed by atoms with Crippen LogP contribution < -0.4 is 14.2 Å². The summed E-state index contributed by atoms with van der Waals surface area (Å²) in [6.45, 7) is 3.88. The van der Waals surface area contributed by atoms with Crippen molar-refractivity contribution in [3.63, 3.8) is 0 Å². The highest BCUT2D eigenvalue weighted by molar-refractivity contribution is 9.09. The number of hydrogen-bond acceptors (Lipinski definition) is 3. The lowest BCUT2D eigenvalue weighted by Crippen LogP contribution is -2.15. The maximum atomic E-state index is 5.64. The number of benzene rings is 2. The first-order chi connectivity index (χ1) is 10.3. The van der Waals surface area contributed by atoms with Gasteiger partial charge in [0.1, 0.15) is 19.0 Å². The molecule has 110 valence electrons. The molecule has 1 unspecified atom stereocenters. The molecule has 21 heavy (non-hydrogen) atoms. The van der Waals surface area contributed by atoms with Crippen molar-refractivity contribution in [3.8, 4) is 17.2 Å².